The molecule has 1 amide bonds. The van der Waals surface area contributed by atoms with Crippen molar-refractivity contribution >= 4 is 23.3 Å². The molecule has 1 atom stereocenters. The third-order valence-electron chi connectivity index (χ3n) is 3.31. The summed E-state index contributed by atoms with van der Waals surface area (Å²) < 4.78 is 0. The van der Waals surface area contributed by atoms with E-state index in [9.17, 15) is 4.79 Å². The fourth-order valence-corrected chi connectivity index (χ4v) is 2.99. The van der Waals surface area contributed by atoms with E-state index in [0.717, 1.165) is 30.7 Å². The highest BCUT2D eigenvalue weighted by molar-refractivity contribution is 7.10. The van der Waals surface area contributed by atoms with Gasteiger partial charge in [0, 0.05) is 30.1 Å². The Morgan fingerprint density at radius 1 is 1.56 bits per heavy atom. The van der Waals surface area contributed by atoms with Gasteiger partial charge in [-0.3, -0.25) is 4.79 Å². The van der Waals surface area contributed by atoms with Crippen LogP contribution in [0.15, 0.2) is 23.6 Å². The average Bonchev–Trinajstić information content (AvgIpc) is 2.90. The summed E-state index contributed by atoms with van der Waals surface area (Å²) in [5, 5.41) is 11.0. The fourth-order valence-electron chi connectivity index (χ4n) is 2.38. The van der Waals surface area contributed by atoms with E-state index in [0.29, 0.717) is 6.42 Å². The highest BCUT2D eigenvalue weighted by Gasteiger charge is 2.24. The fraction of sp³-hybridized carbons (Fsp3) is 0.500. The van der Waals surface area contributed by atoms with Gasteiger partial charge in [-0.2, -0.15) is 0 Å². The van der Waals surface area contributed by atoms with Crippen molar-refractivity contribution in [3.63, 3.8) is 0 Å². The molecule has 1 aliphatic rings. The van der Waals surface area contributed by atoms with Gasteiger partial charge in [0.2, 0.25) is 5.91 Å². The van der Waals surface area contributed by atoms with Crippen molar-refractivity contribution in [2.75, 3.05) is 13.2 Å². The van der Waals surface area contributed by atoms with Gasteiger partial charge in [0.05, 0.1) is 0 Å². The molecule has 98 valence electrons. The first-order valence-corrected chi connectivity index (χ1v) is 7.32. The van der Waals surface area contributed by atoms with Gasteiger partial charge in [-0.15, -0.1) is 11.3 Å². The summed E-state index contributed by atoms with van der Waals surface area (Å²) in [7, 11) is 0. The number of amides is 1. The monoisotopic (exact) mass is 265 g/mol. The molecule has 1 aromatic heterocycles. The second kappa shape index (κ2) is 6.71. The number of piperidine rings is 1. The first-order chi connectivity index (χ1) is 8.81. The molecular weight excluding hydrogens is 246 g/mol. The van der Waals surface area contributed by atoms with Crippen LogP contribution in [0.5, 0.6) is 0 Å². The number of rotatable bonds is 4. The second-order valence-corrected chi connectivity index (χ2v) is 5.52. The molecule has 0 spiro atoms. The lowest BCUT2D eigenvalue weighted by atomic mass is 9.99. The van der Waals surface area contributed by atoms with E-state index in [-0.39, 0.29) is 18.6 Å². The minimum Gasteiger partial charge on any atom is -0.396 e. The van der Waals surface area contributed by atoms with Crippen LogP contribution in [0.1, 0.15) is 30.6 Å². The number of aliphatic hydroxyl groups is 1. The largest absolute Gasteiger partial charge is 0.396 e. The van der Waals surface area contributed by atoms with Crippen LogP contribution in [0, 0.1) is 0 Å². The molecule has 0 saturated carbocycles. The third kappa shape index (κ3) is 3.43. The molecule has 3 nitrogen and oxygen atoms in total. The molecule has 1 aliphatic heterocycles. The topological polar surface area (TPSA) is 40.5 Å². The van der Waals surface area contributed by atoms with Crippen LogP contribution in [-0.2, 0) is 4.79 Å². The van der Waals surface area contributed by atoms with Gasteiger partial charge in [-0.25, -0.2) is 0 Å². The summed E-state index contributed by atoms with van der Waals surface area (Å²) in [4.78, 5) is 15.1. The zero-order valence-corrected chi connectivity index (χ0v) is 11.2. The first kappa shape index (κ1) is 13.3. The lowest BCUT2D eigenvalue weighted by molar-refractivity contribution is -0.129. The van der Waals surface area contributed by atoms with Crippen molar-refractivity contribution in [1.29, 1.82) is 0 Å². The SMILES string of the molecule is O=C(/C=C/c1cccs1)N1CCCCC1CCO. The Balaban J connectivity index is 1.97. The average molecular weight is 265 g/mol. The van der Waals surface area contributed by atoms with Crippen molar-refractivity contribution in [2.24, 2.45) is 0 Å². The summed E-state index contributed by atoms with van der Waals surface area (Å²) in [5.41, 5.74) is 0. The molecule has 4 heteroatoms. The Labute approximate surface area is 112 Å². The van der Waals surface area contributed by atoms with Gasteiger partial charge in [0.25, 0.3) is 0 Å². The van der Waals surface area contributed by atoms with Crippen LogP contribution >= 0.6 is 11.3 Å². The molecule has 2 rings (SSSR count). The van der Waals surface area contributed by atoms with Crippen molar-refractivity contribution in [3.05, 3.63) is 28.5 Å². The van der Waals surface area contributed by atoms with E-state index in [1.54, 1.807) is 17.4 Å². The number of hydrogen-bond acceptors (Lipinski definition) is 3. The van der Waals surface area contributed by atoms with Gasteiger partial charge in [0.1, 0.15) is 0 Å². The molecule has 18 heavy (non-hydrogen) atoms. The Bertz CT molecular complexity index is 398. The summed E-state index contributed by atoms with van der Waals surface area (Å²) in [6.45, 7) is 0.974. The quantitative estimate of drug-likeness (QED) is 0.850. The number of likely N-dealkylation sites (tertiary alicyclic amines) is 1. The number of hydrogen-bond donors (Lipinski definition) is 1. The van der Waals surface area contributed by atoms with Crippen molar-refractivity contribution < 1.29 is 9.90 Å². The molecule has 0 aromatic carbocycles. The van der Waals surface area contributed by atoms with Gasteiger partial charge in [-0.05, 0) is 43.2 Å². The number of nitrogens with zero attached hydrogens (tertiary/aromatic N) is 1. The third-order valence-corrected chi connectivity index (χ3v) is 4.14. The van der Waals surface area contributed by atoms with E-state index in [1.807, 2.05) is 28.5 Å². The van der Waals surface area contributed by atoms with Gasteiger partial charge in [-0.1, -0.05) is 6.07 Å². The maximum atomic E-state index is 12.1. The van der Waals surface area contributed by atoms with Crippen LogP contribution in [0.3, 0.4) is 0 Å². The van der Waals surface area contributed by atoms with E-state index in [4.69, 9.17) is 5.11 Å². The van der Waals surface area contributed by atoms with Gasteiger partial charge < -0.3 is 10.0 Å². The Hall–Kier alpha value is -1.13. The molecule has 1 N–H and O–H groups in total. The normalized spacial score (nSPS) is 20.5. The number of aliphatic hydroxyl groups excluding tert-OH is 1. The smallest absolute Gasteiger partial charge is 0.246 e. The van der Waals surface area contributed by atoms with E-state index in [2.05, 4.69) is 0 Å². The standard InChI is InChI=1S/C14H19NO2S/c16-10-8-12-4-1-2-9-15(12)14(17)7-6-13-5-3-11-18-13/h3,5-7,11-12,16H,1-2,4,8-10H2/b7-6+. The molecule has 0 bridgehead atoms. The zero-order chi connectivity index (χ0) is 12.8. The number of thiophene rings is 1. The number of carbonyl (C=O) groups excluding carboxylic acids is 1. The highest BCUT2D eigenvalue weighted by atomic mass is 32.1. The van der Waals surface area contributed by atoms with Gasteiger partial charge in [0.15, 0.2) is 0 Å². The summed E-state index contributed by atoms with van der Waals surface area (Å²) in [6.07, 6.45) is 7.46. The summed E-state index contributed by atoms with van der Waals surface area (Å²) in [5.74, 6) is 0.0709. The summed E-state index contributed by atoms with van der Waals surface area (Å²) in [6, 6.07) is 4.18. The predicted molar refractivity (Wildman–Crippen MR) is 74.4 cm³/mol. The second-order valence-electron chi connectivity index (χ2n) is 4.54. The lowest BCUT2D eigenvalue weighted by Gasteiger charge is -2.34. The lowest BCUT2D eigenvalue weighted by Crippen LogP contribution is -2.43. The van der Waals surface area contributed by atoms with Crippen molar-refractivity contribution in [1.82, 2.24) is 4.90 Å². The minimum atomic E-state index is 0.0709. The van der Waals surface area contributed by atoms with Crippen LogP contribution in [0.2, 0.25) is 0 Å². The molecule has 2 heterocycles. The predicted octanol–water partition coefficient (Wildman–Crippen LogP) is 2.52. The maximum absolute atomic E-state index is 12.1. The van der Waals surface area contributed by atoms with Crippen LogP contribution in [-0.4, -0.2) is 35.1 Å². The molecule has 0 aliphatic carbocycles. The maximum Gasteiger partial charge on any atom is 0.246 e. The van der Waals surface area contributed by atoms with Gasteiger partial charge >= 0.3 is 0 Å². The Morgan fingerprint density at radius 3 is 3.17 bits per heavy atom. The van der Waals surface area contributed by atoms with Crippen LogP contribution in [0.4, 0.5) is 0 Å². The molecule has 1 fully saturated rings. The molecule has 1 unspecified atom stereocenters. The first-order valence-electron chi connectivity index (χ1n) is 6.44. The van der Waals surface area contributed by atoms with Crippen molar-refractivity contribution in [2.45, 2.75) is 31.7 Å². The minimum absolute atomic E-state index is 0.0709. The Kier molecular flexibility index (Phi) is 4.96. The molecular formula is C14H19NO2S. The van der Waals surface area contributed by atoms with E-state index < -0.39 is 0 Å². The summed E-state index contributed by atoms with van der Waals surface area (Å²) >= 11 is 1.63. The van der Waals surface area contributed by atoms with Crippen molar-refractivity contribution in [3.8, 4) is 0 Å². The van der Waals surface area contributed by atoms with Crippen LogP contribution in [0.25, 0.3) is 6.08 Å². The van der Waals surface area contributed by atoms with E-state index >= 15 is 0 Å². The Morgan fingerprint density at radius 2 is 2.44 bits per heavy atom. The highest BCUT2D eigenvalue weighted by Crippen LogP contribution is 2.20. The van der Waals surface area contributed by atoms with Crippen LogP contribution < -0.4 is 0 Å². The molecule has 1 saturated heterocycles. The molecule has 1 aromatic rings. The van der Waals surface area contributed by atoms with E-state index in [1.165, 1.54) is 0 Å². The molecule has 0 radical (unpaired) electrons. The zero-order valence-electron chi connectivity index (χ0n) is 10.4. The number of carbonyl (C=O) groups is 1.